The summed E-state index contributed by atoms with van der Waals surface area (Å²) >= 11 is 0. The van der Waals surface area contributed by atoms with Gasteiger partial charge >= 0.3 is 29.8 Å². The van der Waals surface area contributed by atoms with Crippen LogP contribution in [-0.4, -0.2) is 121 Å². The van der Waals surface area contributed by atoms with Crippen LogP contribution in [0, 0.1) is 25.6 Å². The third-order valence-electron chi connectivity index (χ3n) is 9.18. The van der Waals surface area contributed by atoms with Crippen LogP contribution >= 0.6 is 0 Å². The molecule has 1 N–H and O–H groups in total. The second-order valence-corrected chi connectivity index (χ2v) is 15.5. The highest BCUT2D eigenvalue weighted by Crippen LogP contribution is 2.38. The minimum absolute atomic E-state index is 0.168. The van der Waals surface area contributed by atoms with E-state index in [0.29, 0.717) is 11.6 Å². The molecule has 0 saturated carbocycles. The molecule has 4 rings (SSSR count). The zero-order valence-corrected chi connectivity index (χ0v) is 35.5. The van der Waals surface area contributed by atoms with Crippen molar-refractivity contribution in [1.82, 2.24) is 0 Å². The Hall–Kier alpha value is -5.81. The Labute approximate surface area is 355 Å². The fraction of sp³-hybridized carbons (Fsp3) is 0.575. The zero-order valence-electron chi connectivity index (χ0n) is 35.5. The first-order valence-electron chi connectivity index (χ1n) is 19.3. The van der Waals surface area contributed by atoms with E-state index in [2.05, 4.69) is 5.32 Å². The Kier molecular flexibility index (Phi) is 16.8. The largest absolute Gasteiger partial charge is 0.467 e. The standard InChI is InChI=1S/C40H51N3O19/c1-20(2)56-38-35(62-39(48)40(6,7)8)32(55-18-24-13-11-10-12-14-24)33(34(61-38)36(47)53-9)60-37-29(41-26-16-15-25(42(49)50)17-27(26)43(51)52)31(58-23(5)46)30(57-22(4)45)28(59-37)19-54-21(3)44/h10-17,20,28-35,37-38,41H,18-19H2,1-9H3/t28-,29-,30-,31-,32+,33+,34-,35-,37-,38-/m1/s1. The lowest BCUT2D eigenvalue weighted by Crippen LogP contribution is -2.68. The third kappa shape index (κ3) is 12.9. The molecule has 0 spiro atoms. The molecule has 62 heavy (non-hydrogen) atoms. The second kappa shape index (κ2) is 21.3. The number of nitrogens with zero attached hydrogens (tertiary/aromatic N) is 2. The van der Waals surface area contributed by atoms with Gasteiger partial charge in [-0.2, -0.15) is 0 Å². The van der Waals surface area contributed by atoms with E-state index in [1.807, 2.05) is 0 Å². The van der Waals surface area contributed by atoms with Crippen molar-refractivity contribution in [3.63, 3.8) is 0 Å². The lowest BCUT2D eigenvalue weighted by molar-refractivity contribution is -0.393. The zero-order chi connectivity index (χ0) is 46.1. The molecule has 2 aromatic carbocycles. The predicted molar refractivity (Wildman–Crippen MR) is 210 cm³/mol. The maximum absolute atomic E-state index is 13.7. The van der Waals surface area contributed by atoms with Crippen molar-refractivity contribution >= 4 is 46.9 Å². The number of anilines is 1. The van der Waals surface area contributed by atoms with Gasteiger partial charge in [-0.1, -0.05) is 30.3 Å². The van der Waals surface area contributed by atoms with Crippen molar-refractivity contribution in [2.24, 2.45) is 5.41 Å². The van der Waals surface area contributed by atoms with Gasteiger partial charge in [0.05, 0.1) is 41.1 Å². The van der Waals surface area contributed by atoms with Gasteiger partial charge in [0.15, 0.2) is 37.0 Å². The highest BCUT2D eigenvalue weighted by atomic mass is 16.8. The summed E-state index contributed by atoms with van der Waals surface area (Å²) in [7, 11) is 1.07. The van der Waals surface area contributed by atoms with Crippen LogP contribution in [0.15, 0.2) is 48.5 Å². The Balaban J connectivity index is 1.98. The number of esters is 5. The summed E-state index contributed by atoms with van der Waals surface area (Å²) in [5, 5.41) is 26.8. The lowest BCUT2D eigenvalue weighted by Gasteiger charge is -2.49. The number of nitro benzene ring substituents is 2. The maximum atomic E-state index is 13.7. The molecule has 10 atom stereocenters. The van der Waals surface area contributed by atoms with Crippen molar-refractivity contribution in [1.29, 1.82) is 0 Å². The van der Waals surface area contributed by atoms with Gasteiger partial charge in [-0.15, -0.1) is 0 Å². The van der Waals surface area contributed by atoms with Gasteiger partial charge in [-0.3, -0.25) is 39.4 Å². The Morgan fingerprint density at radius 2 is 1.44 bits per heavy atom. The van der Waals surface area contributed by atoms with Crippen molar-refractivity contribution in [3.05, 3.63) is 74.3 Å². The second-order valence-electron chi connectivity index (χ2n) is 15.5. The van der Waals surface area contributed by atoms with Crippen molar-refractivity contribution < 1.29 is 81.2 Å². The van der Waals surface area contributed by atoms with Crippen LogP contribution < -0.4 is 5.32 Å². The molecular weight excluding hydrogens is 826 g/mol. The number of nitrogens with one attached hydrogen (secondary N) is 1. The molecule has 2 saturated heterocycles. The average Bonchev–Trinajstić information content (AvgIpc) is 3.18. The van der Waals surface area contributed by atoms with E-state index in [0.717, 1.165) is 40.0 Å². The minimum atomic E-state index is -1.88. The van der Waals surface area contributed by atoms with Gasteiger partial charge < -0.3 is 52.7 Å². The summed E-state index contributed by atoms with van der Waals surface area (Å²) < 4.78 is 59.4. The first-order chi connectivity index (χ1) is 29.1. The maximum Gasteiger partial charge on any atom is 0.337 e. The van der Waals surface area contributed by atoms with E-state index >= 15 is 0 Å². The Morgan fingerprint density at radius 3 is 1.98 bits per heavy atom. The van der Waals surface area contributed by atoms with Crippen molar-refractivity contribution in [2.75, 3.05) is 19.0 Å². The molecule has 2 aliphatic heterocycles. The van der Waals surface area contributed by atoms with E-state index in [1.165, 1.54) is 0 Å². The summed E-state index contributed by atoms with van der Waals surface area (Å²) in [4.78, 5) is 87.0. The van der Waals surface area contributed by atoms with Gasteiger partial charge in [0.25, 0.3) is 11.4 Å². The highest BCUT2D eigenvalue weighted by molar-refractivity contribution is 5.77. The molecule has 22 nitrogen and oxygen atoms in total. The number of rotatable bonds is 17. The number of hydrogen-bond acceptors (Lipinski definition) is 20. The molecule has 2 aromatic rings. The number of carbonyl (C=O) groups excluding carboxylic acids is 5. The first kappa shape index (κ1) is 48.9. The summed E-state index contributed by atoms with van der Waals surface area (Å²) in [6.45, 7) is 10.5. The molecule has 2 heterocycles. The number of non-ortho nitro benzene ring substituents is 1. The van der Waals surface area contributed by atoms with Gasteiger partial charge in [-0.25, -0.2) is 4.79 Å². The molecule has 340 valence electrons. The molecular formula is C40H51N3O19. The highest BCUT2D eigenvalue weighted by Gasteiger charge is 2.58. The van der Waals surface area contributed by atoms with E-state index in [4.69, 9.17) is 47.4 Å². The van der Waals surface area contributed by atoms with Crippen LogP contribution in [0.1, 0.15) is 61.0 Å². The van der Waals surface area contributed by atoms with E-state index < -0.39 is 131 Å². The third-order valence-corrected chi connectivity index (χ3v) is 9.18. The van der Waals surface area contributed by atoms with Crippen molar-refractivity contribution in [3.8, 4) is 0 Å². The van der Waals surface area contributed by atoms with Crippen LogP contribution in [-0.2, 0) is 77.9 Å². The number of nitro groups is 2. The molecule has 0 amide bonds. The normalized spacial score (nSPS) is 26.1. The SMILES string of the molecule is COC(=O)[C@@H]1O[C@@H](OC(C)C)[C@H](OC(=O)C(C)(C)C)[C@@H](OCc2ccccc2)[C@@H]1O[C@H]1O[C@H](COC(C)=O)[C@@H](OC(C)=O)[C@H](OC(C)=O)[C@H]1Nc1ccc([N+](=O)[O-])cc1[N+](=O)[O-]. The quantitative estimate of drug-likeness (QED) is 0.103. The Morgan fingerprint density at radius 1 is 0.790 bits per heavy atom. The molecule has 0 aromatic heterocycles. The van der Waals surface area contributed by atoms with E-state index in [9.17, 15) is 44.2 Å². The number of hydrogen-bond donors (Lipinski definition) is 1. The Bertz CT molecular complexity index is 1940. The molecule has 2 fully saturated rings. The summed E-state index contributed by atoms with van der Waals surface area (Å²) in [5.74, 6) is -4.42. The monoisotopic (exact) mass is 877 g/mol. The number of benzene rings is 2. The number of methoxy groups -OCH3 is 1. The molecule has 2 aliphatic rings. The molecule has 0 radical (unpaired) electrons. The van der Waals surface area contributed by atoms with Crippen LogP contribution in [0.2, 0.25) is 0 Å². The lowest BCUT2D eigenvalue weighted by atomic mass is 9.93. The molecule has 22 heteroatoms. The van der Waals surface area contributed by atoms with E-state index in [1.54, 1.807) is 65.0 Å². The van der Waals surface area contributed by atoms with Crippen LogP contribution in [0.4, 0.5) is 17.1 Å². The topological polar surface area (TPSA) is 276 Å². The van der Waals surface area contributed by atoms with E-state index in [-0.39, 0.29) is 12.3 Å². The number of carbonyl (C=O) groups is 5. The summed E-state index contributed by atoms with van der Waals surface area (Å²) in [6, 6.07) is 9.72. The van der Waals surface area contributed by atoms with Crippen LogP contribution in [0.5, 0.6) is 0 Å². The fourth-order valence-electron chi connectivity index (χ4n) is 6.44. The van der Waals surface area contributed by atoms with Crippen LogP contribution in [0.25, 0.3) is 0 Å². The molecule has 0 bridgehead atoms. The average molecular weight is 878 g/mol. The van der Waals surface area contributed by atoms with Crippen molar-refractivity contribution in [2.45, 2.75) is 129 Å². The summed E-state index contributed by atoms with van der Waals surface area (Å²) in [5.41, 5.74) is -2.29. The number of ether oxygens (including phenoxy) is 10. The predicted octanol–water partition coefficient (Wildman–Crippen LogP) is 3.69. The first-order valence-corrected chi connectivity index (χ1v) is 19.3. The van der Waals surface area contributed by atoms with Gasteiger partial charge in [0.1, 0.15) is 36.6 Å². The minimum Gasteiger partial charge on any atom is -0.467 e. The fourth-order valence-corrected chi connectivity index (χ4v) is 6.44. The molecule has 0 unspecified atom stereocenters. The summed E-state index contributed by atoms with van der Waals surface area (Å²) in [6.07, 6.45) is -15.2. The smallest absolute Gasteiger partial charge is 0.337 e. The van der Waals surface area contributed by atoms with Gasteiger partial charge in [-0.05, 0) is 46.2 Å². The van der Waals surface area contributed by atoms with Crippen LogP contribution in [0.3, 0.4) is 0 Å². The van der Waals surface area contributed by atoms with Gasteiger partial charge in [0.2, 0.25) is 0 Å². The van der Waals surface area contributed by atoms with Gasteiger partial charge in [0, 0.05) is 26.8 Å². The molecule has 0 aliphatic carbocycles.